The van der Waals surface area contributed by atoms with Crippen LogP contribution in [0.5, 0.6) is 0 Å². The molecule has 208 valence electrons. The lowest BCUT2D eigenvalue weighted by Gasteiger charge is -2.63. The highest BCUT2D eigenvalue weighted by Gasteiger charge is 2.76. The van der Waals surface area contributed by atoms with Crippen molar-refractivity contribution in [1.82, 2.24) is 0 Å². The summed E-state index contributed by atoms with van der Waals surface area (Å²) in [6.07, 6.45) is 10.2. The smallest absolute Gasteiger partial charge is 0.313 e. The van der Waals surface area contributed by atoms with E-state index in [-0.39, 0.29) is 46.3 Å². The van der Waals surface area contributed by atoms with E-state index in [4.69, 9.17) is 9.47 Å². The van der Waals surface area contributed by atoms with Crippen LogP contribution in [0.15, 0.2) is 11.6 Å². The van der Waals surface area contributed by atoms with Crippen LogP contribution in [0.3, 0.4) is 0 Å². The van der Waals surface area contributed by atoms with Crippen LogP contribution in [-0.4, -0.2) is 34.9 Å². The lowest BCUT2D eigenvalue weighted by Crippen LogP contribution is -2.58. The molecule has 5 nitrogen and oxygen atoms in total. The molecule has 0 radical (unpaired) electrons. The molecular weight excluding hydrogens is 464 g/mol. The van der Waals surface area contributed by atoms with Gasteiger partial charge in [0.2, 0.25) is 0 Å². The van der Waals surface area contributed by atoms with Gasteiger partial charge in [0.25, 0.3) is 0 Å². The van der Waals surface area contributed by atoms with E-state index >= 15 is 0 Å². The van der Waals surface area contributed by atoms with Crippen LogP contribution in [0.2, 0.25) is 0 Å². The number of rotatable bonds is 5. The Bertz CT molecular complexity index is 997. The molecule has 5 aliphatic rings. The zero-order valence-corrected chi connectivity index (χ0v) is 24.5. The van der Waals surface area contributed by atoms with Gasteiger partial charge in [0.05, 0.1) is 11.5 Å². The average Bonchev–Trinajstić information content (AvgIpc) is 3.20. The zero-order chi connectivity index (χ0) is 27.2. The third-order valence-electron chi connectivity index (χ3n) is 12.3. The van der Waals surface area contributed by atoms with Crippen LogP contribution in [0, 0.1) is 45.3 Å². The zero-order valence-electron chi connectivity index (χ0n) is 24.5. The largest absolute Gasteiger partial charge is 0.462 e. The lowest BCUT2D eigenvalue weighted by atomic mass is 9.41. The quantitative estimate of drug-likeness (QED) is 0.330. The molecule has 1 heterocycles. The number of allylic oxidation sites excluding steroid dienone is 2. The summed E-state index contributed by atoms with van der Waals surface area (Å²) in [5.74, 6) is 1.09. The minimum atomic E-state index is -0.618. The Morgan fingerprint density at radius 3 is 2.43 bits per heavy atom. The summed E-state index contributed by atoms with van der Waals surface area (Å²) in [7, 11) is 0. The van der Waals surface area contributed by atoms with Crippen LogP contribution in [0.1, 0.15) is 113 Å². The van der Waals surface area contributed by atoms with E-state index in [0.717, 1.165) is 51.4 Å². The molecule has 1 aliphatic heterocycles. The summed E-state index contributed by atoms with van der Waals surface area (Å²) in [5.41, 5.74) is 0.309. The van der Waals surface area contributed by atoms with E-state index < -0.39 is 11.0 Å². The van der Waals surface area contributed by atoms with E-state index in [1.807, 2.05) is 0 Å². The molecule has 0 aromatic carbocycles. The maximum absolute atomic E-state index is 14.0. The Morgan fingerprint density at radius 2 is 1.78 bits per heavy atom. The normalized spacial score (nSPS) is 46.8. The first-order valence-electron chi connectivity index (χ1n) is 14.9. The highest BCUT2D eigenvalue weighted by molar-refractivity contribution is 5.83. The van der Waals surface area contributed by atoms with E-state index in [1.165, 1.54) is 6.92 Å². The number of aliphatic hydroxyl groups excluding tert-OH is 1. The Balaban J connectivity index is 1.50. The second kappa shape index (κ2) is 8.57. The van der Waals surface area contributed by atoms with Crippen LogP contribution >= 0.6 is 0 Å². The number of hydrogen-bond donors (Lipinski definition) is 1. The molecule has 5 heteroatoms. The molecule has 0 bridgehead atoms. The molecule has 4 fully saturated rings. The number of esters is 2. The Kier molecular flexibility index (Phi) is 6.30. The van der Waals surface area contributed by atoms with E-state index in [1.54, 1.807) is 5.57 Å². The van der Waals surface area contributed by atoms with Gasteiger partial charge >= 0.3 is 11.9 Å². The van der Waals surface area contributed by atoms with Gasteiger partial charge in [0.1, 0.15) is 11.7 Å². The van der Waals surface area contributed by atoms with Gasteiger partial charge in [-0.05, 0) is 92.3 Å². The highest BCUT2D eigenvalue weighted by Crippen LogP contribution is 2.76. The second-order valence-electron chi connectivity index (χ2n) is 15.1. The molecule has 1 spiro atoms. The van der Waals surface area contributed by atoms with Gasteiger partial charge in [0.15, 0.2) is 0 Å². The van der Waals surface area contributed by atoms with Crippen molar-refractivity contribution >= 4 is 11.9 Å². The molecule has 1 saturated heterocycles. The van der Waals surface area contributed by atoms with Crippen LogP contribution < -0.4 is 0 Å². The number of carbonyl (C=O) groups excluding carboxylic acids is 2. The summed E-state index contributed by atoms with van der Waals surface area (Å²) in [6.45, 7) is 17.2. The van der Waals surface area contributed by atoms with Crippen molar-refractivity contribution in [3.8, 4) is 0 Å². The third-order valence-corrected chi connectivity index (χ3v) is 12.3. The first kappa shape index (κ1) is 27.2. The van der Waals surface area contributed by atoms with Gasteiger partial charge < -0.3 is 14.6 Å². The Morgan fingerprint density at radius 1 is 1.08 bits per heavy atom. The fourth-order valence-electron chi connectivity index (χ4n) is 10.7. The predicted molar refractivity (Wildman–Crippen MR) is 143 cm³/mol. The third kappa shape index (κ3) is 3.64. The number of cyclic esters (lactones) is 1. The fourth-order valence-corrected chi connectivity index (χ4v) is 10.7. The van der Waals surface area contributed by atoms with Gasteiger partial charge in [-0.2, -0.15) is 0 Å². The molecule has 4 aliphatic carbocycles. The van der Waals surface area contributed by atoms with E-state index in [2.05, 4.69) is 54.5 Å². The number of hydrogen-bond acceptors (Lipinski definition) is 5. The van der Waals surface area contributed by atoms with Crippen molar-refractivity contribution in [2.45, 2.75) is 131 Å². The van der Waals surface area contributed by atoms with Crippen LogP contribution in [-0.2, 0) is 19.1 Å². The number of aliphatic hydroxyl groups is 1. The highest BCUT2D eigenvalue weighted by atomic mass is 16.6. The molecule has 1 N–H and O–H groups in total. The minimum absolute atomic E-state index is 0.0203. The standard InChI is InChI=1S/C32H50O5/c1-19(2)17-21(36-20(3)33)18-31(8)25-12-15-30(7)23-9-10-24-28(4,5)26(34)13-14-29(24,6)22(23)11-16-32(25,30)27(35)37-31/h11,19,21,23-26,34H,9-10,12-18H2,1-8H3. The van der Waals surface area contributed by atoms with Crippen LogP contribution in [0.4, 0.5) is 0 Å². The second-order valence-corrected chi connectivity index (χ2v) is 15.1. The molecule has 3 saturated carbocycles. The minimum Gasteiger partial charge on any atom is -0.462 e. The maximum atomic E-state index is 14.0. The summed E-state index contributed by atoms with van der Waals surface area (Å²) < 4.78 is 12.2. The van der Waals surface area contributed by atoms with Gasteiger partial charge in [-0.3, -0.25) is 9.59 Å². The topological polar surface area (TPSA) is 72.8 Å². The molecule has 0 amide bonds. The molecule has 5 rings (SSSR count). The van der Waals surface area contributed by atoms with Crippen molar-refractivity contribution in [1.29, 1.82) is 0 Å². The number of carbonyl (C=O) groups is 2. The van der Waals surface area contributed by atoms with Crippen molar-refractivity contribution < 1.29 is 24.2 Å². The fraction of sp³-hybridized carbons (Fsp3) is 0.875. The molecule has 9 atom stereocenters. The van der Waals surface area contributed by atoms with Gasteiger partial charge in [0, 0.05) is 19.3 Å². The Labute approximate surface area is 224 Å². The first-order chi connectivity index (χ1) is 17.1. The SMILES string of the molecule is CC(=O)OC(CC(C)C)CC1(C)OC(=O)C23CC=C4C(CCC5C4(C)CCC(O)C5(C)C)C2(C)CCC13. The van der Waals surface area contributed by atoms with E-state index in [0.29, 0.717) is 24.2 Å². The molecular formula is C32H50O5. The summed E-state index contributed by atoms with van der Waals surface area (Å²) in [6, 6.07) is 0. The number of ether oxygens (including phenoxy) is 2. The first-order valence-corrected chi connectivity index (χ1v) is 14.9. The van der Waals surface area contributed by atoms with E-state index in [9.17, 15) is 14.7 Å². The Hall–Kier alpha value is -1.36. The van der Waals surface area contributed by atoms with Gasteiger partial charge in [-0.1, -0.05) is 53.2 Å². The summed E-state index contributed by atoms with van der Waals surface area (Å²) >= 11 is 0. The lowest BCUT2D eigenvalue weighted by molar-refractivity contribution is -0.165. The van der Waals surface area contributed by atoms with Crippen molar-refractivity contribution in [3.63, 3.8) is 0 Å². The van der Waals surface area contributed by atoms with Crippen molar-refractivity contribution in [3.05, 3.63) is 11.6 Å². The molecule has 0 aromatic rings. The van der Waals surface area contributed by atoms with Crippen molar-refractivity contribution in [2.75, 3.05) is 0 Å². The van der Waals surface area contributed by atoms with Gasteiger partial charge in [-0.15, -0.1) is 0 Å². The monoisotopic (exact) mass is 514 g/mol. The summed E-state index contributed by atoms with van der Waals surface area (Å²) in [4.78, 5) is 25.9. The molecule has 9 unspecified atom stereocenters. The van der Waals surface area contributed by atoms with Crippen LogP contribution in [0.25, 0.3) is 0 Å². The van der Waals surface area contributed by atoms with Crippen molar-refractivity contribution in [2.24, 2.45) is 45.3 Å². The maximum Gasteiger partial charge on any atom is 0.313 e. The predicted octanol–water partition coefficient (Wildman–Crippen LogP) is 6.62. The number of fused-ring (bicyclic) bond motifs is 4. The van der Waals surface area contributed by atoms with Gasteiger partial charge in [-0.25, -0.2) is 0 Å². The average molecular weight is 515 g/mol. The summed E-state index contributed by atoms with van der Waals surface area (Å²) in [5, 5.41) is 10.9. The molecule has 0 aromatic heterocycles. The molecule has 37 heavy (non-hydrogen) atoms.